The highest BCUT2D eigenvalue weighted by molar-refractivity contribution is 5.97. The highest BCUT2D eigenvalue weighted by atomic mass is 16.5. The van der Waals surface area contributed by atoms with Crippen molar-refractivity contribution in [1.82, 2.24) is 5.32 Å². The molecular weight excluding hydrogens is 362 g/mol. The SMILES string of the molecule is COc1ccc(C(=O)NCC(=O)OC(C)C(=O)Nc2cccc(C#N)c2)cc1. The third-order valence-corrected chi connectivity index (χ3v) is 3.68. The van der Waals surface area contributed by atoms with Crippen LogP contribution in [0.4, 0.5) is 5.69 Å². The molecule has 0 spiro atoms. The van der Waals surface area contributed by atoms with Crippen LogP contribution >= 0.6 is 0 Å². The quantitative estimate of drug-likeness (QED) is 0.707. The lowest BCUT2D eigenvalue weighted by Gasteiger charge is -2.14. The van der Waals surface area contributed by atoms with E-state index in [1.165, 1.54) is 20.1 Å². The van der Waals surface area contributed by atoms with Gasteiger partial charge in [0.05, 0.1) is 18.7 Å². The van der Waals surface area contributed by atoms with E-state index in [0.717, 1.165) is 0 Å². The number of nitriles is 1. The summed E-state index contributed by atoms with van der Waals surface area (Å²) < 4.78 is 10.0. The number of ether oxygens (including phenoxy) is 2. The Morgan fingerprint density at radius 2 is 1.86 bits per heavy atom. The van der Waals surface area contributed by atoms with E-state index in [1.54, 1.807) is 42.5 Å². The first-order valence-electron chi connectivity index (χ1n) is 8.35. The zero-order valence-corrected chi connectivity index (χ0v) is 15.4. The van der Waals surface area contributed by atoms with Gasteiger partial charge in [-0.05, 0) is 49.4 Å². The van der Waals surface area contributed by atoms with Gasteiger partial charge < -0.3 is 20.1 Å². The lowest BCUT2D eigenvalue weighted by Crippen LogP contribution is -2.35. The summed E-state index contributed by atoms with van der Waals surface area (Å²) in [6.45, 7) is 1.03. The second kappa shape index (κ2) is 9.73. The lowest BCUT2D eigenvalue weighted by atomic mass is 10.2. The number of carbonyl (C=O) groups excluding carboxylic acids is 3. The Balaban J connectivity index is 1.81. The summed E-state index contributed by atoms with van der Waals surface area (Å²) >= 11 is 0. The third kappa shape index (κ3) is 5.85. The van der Waals surface area contributed by atoms with Gasteiger partial charge in [-0.2, -0.15) is 5.26 Å². The van der Waals surface area contributed by atoms with Crippen LogP contribution in [0, 0.1) is 11.3 Å². The molecule has 28 heavy (non-hydrogen) atoms. The summed E-state index contributed by atoms with van der Waals surface area (Å²) in [4.78, 5) is 36.0. The predicted molar refractivity (Wildman–Crippen MR) is 101 cm³/mol. The standard InChI is InChI=1S/C20H19N3O5/c1-13(19(25)23-16-5-3-4-14(10-16)11-21)28-18(24)12-22-20(26)15-6-8-17(27-2)9-7-15/h3-10,13H,12H2,1-2H3,(H,22,26)(H,23,25). The van der Waals surface area contributed by atoms with Gasteiger partial charge in [0.2, 0.25) is 0 Å². The van der Waals surface area contributed by atoms with Gasteiger partial charge in [-0.1, -0.05) is 6.07 Å². The summed E-state index contributed by atoms with van der Waals surface area (Å²) in [6.07, 6.45) is -1.07. The van der Waals surface area contributed by atoms with Crippen molar-refractivity contribution in [2.75, 3.05) is 19.0 Å². The fraction of sp³-hybridized carbons (Fsp3) is 0.200. The molecule has 2 aromatic rings. The molecule has 0 radical (unpaired) electrons. The Morgan fingerprint density at radius 1 is 1.14 bits per heavy atom. The van der Waals surface area contributed by atoms with Crippen LogP contribution in [0.25, 0.3) is 0 Å². The number of carbonyl (C=O) groups is 3. The molecule has 0 saturated carbocycles. The molecule has 8 heteroatoms. The van der Waals surface area contributed by atoms with Gasteiger partial charge in [0, 0.05) is 11.3 Å². The van der Waals surface area contributed by atoms with Crippen molar-refractivity contribution in [3.05, 3.63) is 59.7 Å². The monoisotopic (exact) mass is 381 g/mol. The van der Waals surface area contributed by atoms with Crippen LogP contribution in [-0.2, 0) is 14.3 Å². The van der Waals surface area contributed by atoms with Gasteiger partial charge in [-0.15, -0.1) is 0 Å². The van der Waals surface area contributed by atoms with E-state index in [0.29, 0.717) is 22.6 Å². The molecule has 0 aliphatic heterocycles. The molecule has 0 aliphatic rings. The highest BCUT2D eigenvalue weighted by Crippen LogP contribution is 2.12. The minimum atomic E-state index is -1.07. The number of amides is 2. The van der Waals surface area contributed by atoms with Gasteiger partial charge in [0.1, 0.15) is 12.3 Å². The highest BCUT2D eigenvalue weighted by Gasteiger charge is 2.18. The van der Waals surface area contributed by atoms with E-state index in [4.69, 9.17) is 14.7 Å². The number of hydrogen-bond acceptors (Lipinski definition) is 6. The second-order valence-corrected chi connectivity index (χ2v) is 5.73. The first-order chi connectivity index (χ1) is 13.4. The van der Waals surface area contributed by atoms with Crippen molar-refractivity contribution in [2.24, 2.45) is 0 Å². The molecule has 2 aromatic carbocycles. The molecule has 2 rings (SSSR count). The largest absolute Gasteiger partial charge is 0.497 e. The Morgan fingerprint density at radius 3 is 2.50 bits per heavy atom. The topological polar surface area (TPSA) is 118 Å². The maximum atomic E-state index is 12.1. The lowest BCUT2D eigenvalue weighted by molar-refractivity contribution is -0.152. The van der Waals surface area contributed by atoms with Crippen LogP contribution in [0.15, 0.2) is 48.5 Å². The van der Waals surface area contributed by atoms with Gasteiger partial charge in [0.15, 0.2) is 6.10 Å². The Hall–Kier alpha value is -3.86. The number of esters is 1. The first-order valence-corrected chi connectivity index (χ1v) is 8.35. The van der Waals surface area contributed by atoms with Crippen molar-refractivity contribution in [1.29, 1.82) is 5.26 Å². The normalized spacial score (nSPS) is 10.9. The Kier molecular flexibility index (Phi) is 7.11. The van der Waals surface area contributed by atoms with Crippen molar-refractivity contribution in [3.8, 4) is 11.8 Å². The summed E-state index contributed by atoms with van der Waals surface area (Å²) in [5.74, 6) is -1.15. The molecule has 0 aromatic heterocycles. The number of nitrogens with zero attached hydrogens (tertiary/aromatic N) is 1. The number of methoxy groups -OCH3 is 1. The average Bonchev–Trinajstić information content (AvgIpc) is 2.72. The molecule has 0 aliphatic carbocycles. The van der Waals surface area contributed by atoms with E-state index < -0.39 is 23.9 Å². The van der Waals surface area contributed by atoms with E-state index in [9.17, 15) is 14.4 Å². The van der Waals surface area contributed by atoms with Crippen molar-refractivity contribution < 1.29 is 23.9 Å². The van der Waals surface area contributed by atoms with E-state index in [2.05, 4.69) is 10.6 Å². The first kappa shape index (κ1) is 20.5. The maximum Gasteiger partial charge on any atom is 0.326 e. The molecule has 0 saturated heterocycles. The molecule has 0 heterocycles. The molecule has 0 bridgehead atoms. The van der Waals surface area contributed by atoms with Crippen molar-refractivity contribution in [2.45, 2.75) is 13.0 Å². The zero-order valence-electron chi connectivity index (χ0n) is 15.4. The van der Waals surface area contributed by atoms with Crippen LogP contribution in [0.5, 0.6) is 5.75 Å². The molecule has 2 N–H and O–H groups in total. The predicted octanol–water partition coefficient (Wildman–Crippen LogP) is 1.87. The molecule has 1 atom stereocenters. The van der Waals surface area contributed by atoms with Crippen LogP contribution in [0.3, 0.4) is 0 Å². The molecule has 1 unspecified atom stereocenters. The number of benzene rings is 2. The maximum absolute atomic E-state index is 12.1. The zero-order chi connectivity index (χ0) is 20.5. The fourth-order valence-electron chi connectivity index (χ4n) is 2.20. The van der Waals surface area contributed by atoms with Crippen LogP contribution < -0.4 is 15.4 Å². The summed E-state index contributed by atoms with van der Waals surface area (Å²) in [5, 5.41) is 13.8. The summed E-state index contributed by atoms with van der Waals surface area (Å²) in [6, 6.07) is 14.7. The summed E-state index contributed by atoms with van der Waals surface area (Å²) in [5.41, 5.74) is 1.17. The molecule has 2 amide bonds. The van der Waals surface area contributed by atoms with Gasteiger partial charge >= 0.3 is 5.97 Å². The Labute approximate surface area is 162 Å². The fourth-order valence-corrected chi connectivity index (χ4v) is 2.20. The van der Waals surface area contributed by atoms with E-state index >= 15 is 0 Å². The van der Waals surface area contributed by atoms with Crippen LogP contribution in [-0.4, -0.2) is 37.5 Å². The molecular formula is C20H19N3O5. The smallest absolute Gasteiger partial charge is 0.326 e. The van der Waals surface area contributed by atoms with Gasteiger partial charge in [-0.3, -0.25) is 14.4 Å². The second-order valence-electron chi connectivity index (χ2n) is 5.73. The van der Waals surface area contributed by atoms with E-state index in [1.807, 2.05) is 6.07 Å². The Bertz CT molecular complexity index is 903. The minimum Gasteiger partial charge on any atom is -0.497 e. The van der Waals surface area contributed by atoms with Crippen molar-refractivity contribution >= 4 is 23.5 Å². The van der Waals surface area contributed by atoms with Gasteiger partial charge in [-0.25, -0.2) is 0 Å². The molecule has 144 valence electrons. The van der Waals surface area contributed by atoms with Crippen LogP contribution in [0.1, 0.15) is 22.8 Å². The molecule has 0 fully saturated rings. The van der Waals surface area contributed by atoms with Crippen molar-refractivity contribution in [3.63, 3.8) is 0 Å². The summed E-state index contributed by atoms with van der Waals surface area (Å²) in [7, 11) is 1.52. The van der Waals surface area contributed by atoms with Gasteiger partial charge in [0.25, 0.3) is 11.8 Å². The minimum absolute atomic E-state index is 0.358. The van der Waals surface area contributed by atoms with E-state index in [-0.39, 0.29) is 6.54 Å². The number of rotatable bonds is 7. The number of hydrogen-bond donors (Lipinski definition) is 2. The number of nitrogens with one attached hydrogen (secondary N) is 2. The molecule has 8 nitrogen and oxygen atoms in total. The third-order valence-electron chi connectivity index (χ3n) is 3.68. The van der Waals surface area contributed by atoms with Crippen LogP contribution in [0.2, 0.25) is 0 Å². The average molecular weight is 381 g/mol. The number of anilines is 1.